The molecule has 0 aliphatic carbocycles. The average molecular weight is 375 g/mol. The van der Waals surface area contributed by atoms with Crippen LogP contribution in [0.2, 0.25) is 0 Å². The molecule has 2 heterocycles. The molecular formula is C18H17N9O. The van der Waals surface area contributed by atoms with Crippen molar-refractivity contribution in [1.29, 1.82) is 0 Å². The second-order valence-corrected chi connectivity index (χ2v) is 6.26. The van der Waals surface area contributed by atoms with Gasteiger partial charge in [0.2, 0.25) is 11.7 Å². The van der Waals surface area contributed by atoms with Gasteiger partial charge in [0.05, 0.1) is 5.69 Å². The molecule has 0 fully saturated rings. The first-order valence-electron chi connectivity index (χ1n) is 8.58. The van der Waals surface area contributed by atoms with Crippen LogP contribution in [0, 0.1) is 13.8 Å². The summed E-state index contributed by atoms with van der Waals surface area (Å²) in [4.78, 5) is 13.6. The average Bonchev–Trinajstić information content (AvgIpc) is 3.37. The number of nitrogens with one attached hydrogen (secondary N) is 1. The van der Waals surface area contributed by atoms with Gasteiger partial charge in [-0.15, -0.1) is 15.3 Å². The summed E-state index contributed by atoms with van der Waals surface area (Å²) < 4.78 is 1.52. The van der Waals surface area contributed by atoms with E-state index in [2.05, 4.69) is 36.3 Å². The Hall–Kier alpha value is -3.95. The van der Waals surface area contributed by atoms with E-state index in [0.29, 0.717) is 17.1 Å². The fourth-order valence-electron chi connectivity index (χ4n) is 2.70. The number of carbonyl (C=O) groups is 1. The Kier molecular flexibility index (Phi) is 4.58. The first kappa shape index (κ1) is 17.5. The third kappa shape index (κ3) is 3.61. The lowest BCUT2D eigenvalue weighted by molar-refractivity contribution is -0.117. The van der Waals surface area contributed by atoms with Crippen LogP contribution in [0.4, 0.5) is 5.69 Å². The number of hydrogen-bond donors (Lipinski definition) is 1. The second kappa shape index (κ2) is 7.35. The number of aromatic nitrogens is 8. The van der Waals surface area contributed by atoms with E-state index >= 15 is 0 Å². The molecule has 0 aliphatic rings. The van der Waals surface area contributed by atoms with E-state index in [9.17, 15) is 4.79 Å². The van der Waals surface area contributed by atoms with Gasteiger partial charge < -0.3 is 5.32 Å². The highest BCUT2D eigenvalue weighted by atomic mass is 16.2. The maximum absolute atomic E-state index is 12.3. The van der Waals surface area contributed by atoms with E-state index in [4.69, 9.17) is 0 Å². The van der Waals surface area contributed by atoms with Gasteiger partial charge in [0.25, 0.3) is 0 Å². The van der Waals surface area contributed by atoms with Crippen LogP contribution in [0.5, 0.6) is 0 Å². The van der Waals surface area contributed by atoms with Crippen LogP contribution in [0.15, 0.2) is 48.8 Å². The van der Waals surface area contributed by atoms with Crippen LogP contribution < -0.4 is 5.32 Å². The van der Waals surface area contributed by atoms with Gasteiger partial charge in [-0.05, 0) is 64.9 Å². The quantitative estimate of drug-likeness (QED) is 0.563. The first-order chi connectivity index (χ1) is 13.6. The molecule has 0 aliphatic heterocycles. The van der Waals surface area contributed by atoms with Gasteiger partial charge >= 0.3 is 0 Å². The van der Waals surface area contributed by atoms with Gasteiger partial charge in [-0.2, -0.15) is 9.48 Å². The highest BCUT2D eigenvalue weighted by molar-refractivity contribution is 5.90. The topological polar surface area (TPSA) is 116 Å². The summed E-state index contributed by atoms with van der Waals surface area (Å²) in [7, 11) is 0. The maximum Gasteiger partial charge on any atom is 0.248 e. The first-order valence-corrected chi connectivity index (χ1v) is 8.58. The zero-order chi connectivity index (χ0) is 19.5. The molecule has 10 nitrogen and oxygen atoms in total. The summed E-state index contributed by atoms with van der Waals surface area (Å²) in [5.74, 6) is 0.144. The molecule has 1 amide bonds. The van der Waals surface area contributed by atoms with E-state index in [1.807, 2.05) is 56.3 Å². The normalized spacial score (nSPS) is 10.8. The lowest BCUT2D eigenvalue weighted by Crippen LogP contribution is -2.20. The number of nitrogens with zero attached hydrogens (tertiary/aromatic N) is 8. The molecule has 0 saturated carbocycles. The fourth-order valence-corrected chi connectivity index (χ4v) is 2.70. The lowest BCUT2D eigenvalue weighted by atomic mass is 10.1. The minimum absolute atomic E-state index is 0.0486. The minimum atomic E-state index is -0.235. The Bertz CT molecular complexity index is 1120. The largest absolute Gasteiger partial charge is 0.324 e. The number of benzene rings is 2. The predicted octanol–water partition coefficient (Wildman–Crippen LogP) is 1.57. The number of tetrazole rings is 2. The van der Waals surface area contributed by atoms with Crippen molar-refractivity contribution in [2.45, 2.75) is 20.4 Å². The summed E-state index contributed by atoms with van der Waals surface area (Å²) >= 11 is 0. The molecular weight excluding hydrogens is 358 g/mol. The second-order valence-electron chi connectivity index (χ2n) is 6.26. The number of rotatable bonds is 5. The molecule has 4 rings (SSSR count). The lowest BCUT2D eigenvalue weighted by Gasteiger charge is -2.07. The molecule has 0 spiro atoms. The van der Waals surface area contributed by atoms with Crippen molar-refractivity contribution < 1.29 is 4.79 Å². The number of carbonyl (C=O) groups excluding carboxylic acids is 1. The van der Waals surface area contributed by atoms with Crippen LogP contribution >= 0.6 is 0 Å². The predicted molar refractivity (Wildman–Crippen MR) is 101 cm³/mol. The Morgan fingerprint density at radius 2 is 1.93 bits per heavy atom. The smallest absolute Gasteiger partial charge is 0.248 e. The molecule has 0 radical (unpaired) electrons. The molecule has 140 valence electrons. The van der Waals surface area contributed by atoms with Gasteiger partial charge in [0, 0.05) is 11.3 Å². The summed E-state index contributed by atoms with van der Waals surface area (Å²) in [6.45, 7) is 3.97. The van der Waals surface area contributed by atoms with Crippen molar-refractivity contribution in [3.8, 4) is 17.1 Å². The van der Waals surface area contributed by atoms with E-state index in [1.54, 1.807) is 0 Å². The van der Waals surface area contributed by atoms with Gasteiger partial charge in [-0.25, -0.2) is 0 Å². The summed E-state index contributed by atoms with van der Waals surface area (Å²) in [6, 6.07) is 13.2. The Morgan fingerprint density at radius 1 is 1.07 bits per heavy atom. The number of amides is 1. The third-order valence-electron chi connectivity index (χ3n) is 4.27. The number of anilines is 1. The van der Waals surface area contributed by atoms with Crippen LogP contribution in [0.1, 0.15) is 11.1 Å². The fraction of sp³-hybridized carbons (Fsp3) is 0.167. The standard InChI is InChI=1S/C18H17N9O/c1-12-7-8-14(9-13(12)2)20-17(28)10-27-22-18(21-24-27)15-5-3-4-6-16(15)26-11-19-23-25-26/h3-9,11H,10H2,1-2H3,(H,20,28). The van der Waals surface area contributed by atoms with Gasteiger partial charge in [0.15, 0.2) is 0 Å². The maximum atomic E-state index is 12.3. The SMILES string of the molecule is Cc1ccc(NC(=O)Cn2nnc(-c3ccccc3-n3cnnn3)n2)cc1C. The Morgan fingerprint density at radius 3 is 2.71 bits per heavy atom. The zero-order valence-electron chi connectivity index (χ0n) is 15.3. The van der Waals surface area contributed by atoms with E-state index in [-0.39, 0.29) is 12.5 Å². The molecule has 0 unspecified atom stereocenters. The van der Waals surface area contributed by atoms with E-state index < -0.39 is 0 Å². The molecule has 10 heteroatoms. The molecule has 28 heavy (non-hydrogen) atoms. The van der Waals surface area contributed by atoms with Crippen LogP contribution in [0.25, 0.3) is 17.1 Å². The van der Waals surface area contributed by atoms with Crippen molar-refractivity contribution in [1.82, 2.24) is 40.4 Å². The number of aryl methyl sites for hydroxylation is 2. The molecule has 0 bridgehead atoms. The highest BCUT2D eigenvalue weighted by Crippen LogP contribution is 2.22. The summed E-state index contributed by atoms with van der Waals surface area (Å²) in [5.41, 5.74) is 4.43. The molecule has 0 saturated heterocycles. The summed E-state index contributed by atoms with van der Waals surface area (Å²) in [5, 5.41) is 26.4. The molecule has 4 aromatic rings. The zero-order valence-corrected chi connectivity index (χ0v) is 15.3. The monoisotopic (exact) mass is 375 g/mol. The van der Waals surface area contributed by atoms with Crippen molar-refractivity contribution >= 4 is 11.6 Å². The van der Waals surface area contributed by atoms with Crippen molar-refractivity contribution in [3.05, 3.63) is 59.9 Å². The molecule has 1 N–H and O–H groups in total. The van der Waals surface area contributed by atoms with Gasteiger partial charge in [-0.3, -0.25) is 4.79 Å². The minimum Gasteiger partial charge on any atom is -0.324 e. The van der Waals surface area contributed by atoms with Crippen LogP contribution in [0.3, 0.4) is 0 Å². The molecule has 0 atom stereocenters. The van der Waals surface area contributed by atoms with Crippen LogP contribution in [-0.4, -0.2) is 46.3 Å². The Labute approximate surface area is 160 Å². The Balaban J connectivity index is 1.51. The number of para-hydroxylation sites is 1. The third-order valence-corrected chi connectivity index (χ3v) is 4.27. The van der Waals surface area contributed by atoms with Crippen LogP contribution in [-0.2, 0) is 11.3 Å². The van der Waals surface area contributed by atoms with Crippen molar-refractivity contribution in [2.75, 3.05) is 5.32 Å². The summed E-state index contributed by atoms with van der Waals surface area (Å²) in [6.07, 6.45) is 1.49. The van der Waals surface area contributed by atoms with E-state index in [1.165, 1.54) is 21.4 Å². The number of hydrogen-bond acceptors (Lipinski definition) is 7. The highest BCUT2D eigenvalue weighted by Gasteiger charge is 2.14. The van der Waals surface area contributed by atoms with Crippen molar-refractivity contribution in [3.63, 3.8) is 0 Å². The van der Waals surface area contributed by atoms with Gasteiger partial charge in [0.1, 0.15) is 12.9 Å². The molecule has 2 aromatic carbocycles. The van der Waals surface area contributed by atoms with Gasteiger partial charge in [-0.1, -0.05) is 18.2 Å². The molecule has 2 aromatic heterocycles. The van der Waals surface area contributed by atoms with Crippen molar-refractivity contribution in [2.24, 2.45) is 0 Å². The van der Waals surface area contributed by atoms with E-state index in [0.717, 1.165) is 11.3 Å².